The number of rotatable bonds is 8. The topological polar surface area (TPSA) is 38.3 Å². The summed E-state index contributed by atoms with van der Waals surface area (Å²) in [5.41, 5.74) is 1.11. The first kappa shape index (κ1) is 19.4. The fourth-order valence-corrected chi connectivity index (χ4v) is 3.53. The summed E-state index contributed by atoms with van der Waals surface area (Å²) in [4.78, 5) is 13.8. The molecule has 25 heavy (non-hydrogen) atoms. The van der Waals surface area contributed by atoms with Crippen molar-refractivity contribution in [2.45, 2.75) is 43.4 Å². The van der Waals surface area contributed by atoms with Crippen LogP contribution in [0.5, 0.6) is 5.75 Å². The Balaban J connectivity index is 2.05. The summed E-state index contributed by atoms with van der Waals surface area (Å²) < 4.78 is 5.23. The van der Waals surface area contributed by atoms with Crippen LogP contribution in [0.25, 0.3) is 0 Å². The molecule has 1 amide bonds. The van der Waals surface area contributed by atoms with E-state index in [2.05, 4.69) is 19.2 Å². The van der Waals surface area contributed by atoms with E-state index in [0.29, 0.717) is 5.92 Å². The van der Waals surface area contributed by atoms with Gasteiger partial charge in [-0.05, 0) is 49.1 Å². The van der Waals surface area contributed by atoms with Crippen LogP contribution in [-0.4, -0.2) is 18.3 Å². The number of ether oxygens (including phenoxy) is 1. The average Bonchev–Trinajstić information content (AvgIpc) is 2.61. The second kappa shape index (κ2) is 9.52. The molecule has 2 aromatic carbocycles. The molecular formula is C21H27NO2S. The third-order valence-electron chi connectivity index (χ3n) is 3.97. The van der Waals surface area contributed by atoms with Crippen LogP contribution < -0.4 is 10.1 Å². The van der Waals surface area contributed by atoms with Gasteiger partial charge in [-0.15, -0.1) is 11.8 Å². The Morgan fingerprint density at radius 1 is 1.04 bits per heavy atom. The van der Waals surface area contributed by atoms with E-state index in [9.17, 15) is 4.79 Å². The van der Waals surface area contributed by atoms with Crippen molar-refractivity contribution in [1.82, 2.24) is 5.32 Å². The van der Waals surface area contributed by atoms with Gasteiger partial charge in [-0.2, -0.15) is 0 Å². The molecule has 134 valence electrons. The van der Waals surface area contributed by atoms with E-state index in [4.69, 9.17) is 4.74 Å². The zero-order chi connectivity index (χ0) is 18.2. The fraction of sp³-hybridized carbons (Fsp3) is 0.381. The highest BCUT2D eigenvalue weighted by Crippen LogP contribution is 2.26. The Morgan fingerprint density at radius 3 is 2.24 bits per heavy atom. The summed E-state index contributed by atoms with van der Waals surface area (Å²) in [6.07, 6.45) is 0.904. The Labute approximate surface area is 155 Å². The molecule has 0 heterocycles. The number of carbonyl (C=O) groups is 1. The van der Waals surface area contributed by atoms with E-state index in [0.717, 1.165) is 22.6 Å². The molecule has 1 N–H and O–H groups in total. The maximum atomic E-state index is 12.7. The Kier molecular flexibility index (Phi) is 7.38. The zero-order valence-corrected chi connectivity index (χ0v) is 16.2. The lowest BCUT2D eigenvalue weighted by molar-refractivity contribution is -0.121. The van der Waals surface area contributed by atoms with Crippen molar-refractivity contribution in [3.05, 3.63) is 60.2 Å². The molecule has 2 rings (SSSR count). The predicted octanol–water partition coefficient (Wildman–Crippen LogP) is 5.08. The Bertz CT molecular complexity index is 655. The second-order valence-corrected chi connectivity index (χ2v) is 7.95. The molecule has 0 aliphatic carbocycles. The number of nitrogens with one attached hydrogen (secondary N) is 1. The lowest BCUT2D eigenvalue weighted by Crippen LogP contribution is -2.35. The quantitative estimate of drug-likeness (QED) is 0.670. The highest BCUT2D eigenvalue weighted by molar-refractivity contribution is 8.00. The number of amides is 1. The molecule has 0 saturated carbocycles. The van der Waals surface area contributed by atoms with Crippen LogP contribution in [0, 0.1) is 5.92 Å². The molecule has 0 spiro atoms. The number of hydrogen-bond acceptors (Lipinski definition) is 3. The predicted molar refractivity (Wildman–Crippen MR) is 105 cm³/mol. The average molecular weight is 358 g/mol. The lowest BCUT2D eigenvalue weighted by atomic mass is 9.96. The summed E-state index contributed by atoms with van der Waals surface area (Å²) in [6, 6.07) is 18.0. The molecule has 2 atom stereocenters. The van der Waals surface area contributed by atoms with Gasteiger partial charge < -0.3 is 10.1 Å². The summed E-state index contributed by atoms with van der Waals surface area (Å²) >= 11 is 1.58. The van der Waals surface area contributed by atoms with Crippen molar-refractivity contribution >= 4 is 17.7 Å². The van der Waals surface area contributed by atoms with Crippen molar-refractivity contribution in [3.63, 3.8) is 0 Å². The van der Waals surface area contributed by atoms with Crippen LogP contribution in [-0.2, 0) is 4.79 Å². The van der Waals surface area contributed by atoms with Gasteiger partial charge in [0.1, 0.15) is 5.75 Å². The van der Waals surface area contributed by atoms with Crippen molar-refractivity contribution in [2.24, 2.45) is 5.92 Å². The van der Waals surface area contributed by atoms with E-state index in [-0.39, 0.29) is 17.2 Å². The summed E-state index contributed by atoms with van der Waals surface area (Å²) in [5.74, 6) is 1.38. The number of thioether (sulfide) groups is 1. The first-order valence-electron chi connectivity index (χ1n) is 8.65. The van der Waals surface area contributed by atoms with E-state index in [1.165, 1.54) is 0 Å². The second-order valence-electron chi connectivity index (χ2n) is 6.54. The molecule has 0 saturated heterocycles. The van der Waals surface area contributed by atoms with Crippen LogP contribution in [0.3, 0.4) is 0 Å². The standard InChI is InChI=1S/C21H27NO2S/c1-15(2)14-20(17-10-12-18(24-4)13-11-17)22-21(23)16(3)25-19-8-6-5-7-9-19/h5-13,15-16,20H,14H2,1-4H3,(H,22,23)/t16-,20+/m1/s1. The Hall–Kier alpha value is -1.94. The number of methoxy groups -OCH3 is 1. The van der Waals surface area contributed by atoms with Gasteiger partial charge in [0.15, 0.2) is 0 Å². The van der Waals surface area contributed by atoms with E-state index in [1.807, 2.05) is 61.5 Å². The van der Waals surface area contributed by atoms with Gasteiger partial charge in [-0.25, -0.2) is 0 Å². The largest absolute Gasteiger partial charge is 0.497 e. The van der Waals surface area contributed by atoms with Crippen LogP contribution in [0.4, 0.5) is 0 Å². The number of hydrogen-bond donors (Lipinski definition) is 1. The van der Waals surface area contributed by atoms with E-state index < -0.39 is 0 Å². The zero-order valence-electron chi connectivity index (χ0n) is 15.4. The number of benzene rings is 2. The molecule has 2 aromatic rings. The fourth-order valence-electron chi connectivity index (χ4n) is 2.63. The highest BCUT2D eigenvalue weighted by Gasteiger charge is 2.20. The van der Waals surface area contributed by atoms with Crippen molar-refractivity contribution < 1.29 is 9.53 Å². The van der Waals surface area contributed by atoms with E-state index >= 15 is 0 Å². The molecule has 4 heteroatoms. The summed E-state index contributed by atoms with van der Waals surface area (Å²) in [7, 11) is 1.66. The lowest BCUT2D eigenvalue weighted by Gasteiger charge is -2.23. The molecule has 0 aliphatic rings. The van der Waals surface area contributed by atoms with Crippen LogP contribution in [0.1, 0.15) is 38.8 Å². The molecule has 0 aromatic heterocycles. The molecule has 0 fully saturated rings. The minimum absolute atomic E-state index is 0.0113. The SMILES string of the molecule is COc1ccc([C@H](CC(C)C)NC(=O)[C@@H](C)Sc2ccccc2)cc1. The normalized spacial score (nSPS) is 13.3. The molecule has 0 radical (unpaired) electrons. The van der Waals surface area contributed by atoms with Gasteiger partial charge in [0.25, 0.3) is 0 Å². The van der Waals surface area contributed by atoms with Crippen molar-refractivity contribution in [2.75, 3.05) is 7.11 Å². The van der Waals surface area contributed by atoms with Gasteiger partial charge in [0.05, 0.1) is 18.4 Å². The van der Waals surface area contributed by atoms with Gasteiger partial charge >= 0.3 is 0 Å². The maximum Gasteiger partial charge on any atom is 0.233 e. The molecular weight excluding hydrogens is 330 g/mol. The van der Waals surface area contributed by atoms with Gasteiger partial charge in [0, 0.05) is 4.90 Å². The molecule has 0 unspecified atom stereocenters. The maximum absolute atomic E-state index is 12.7. The molecule has 0 aliphatic heterocycles. The van der Waals surface area contributed by atoms with Gasteiger partial charge in [-0.3, -0.25) is 4.79 Å². The first-order chi connectivity index (χ1) is 12.0. The van der Waals surface area contributed by atoms with Crippen LogP contribution >= 0.6 is 11.8 Å². The monoisotopic (exact) mass is 357 g/mol. The van der Waals surface area contributed by atoms with Crippen molar-refractivity contribution in [1.29, 1.82) is 0 Å². The highest BCUT2D eigenvalue weighted by atomic mass is 32.2. The summed E-state index contributed by atoms with van der Waals surface area (Å²) in [6.45, 7) is 6.29. The van der Waals surface area contributed by atoms with Gasteiger partial charge in [-0.1, -0.05) is 44.2 Å². The molecule has 3 nitrogen and oxygen atoms in total. The third kappa shape index (κ3) is 6.13. The van der Waals surface area contributed by atoms with Crippen LogP contribution in [0.15, 0.2) is 59.5 Å². The smallest absolute Gasteiger partial charge is 0.233 e. The van der Waals surface area contributed by atoms with Gasteiger partial charge in [0.2, 0.25) is 5.91 Å². The summed E-state index contributed by atoms with van der Waals surface area (Å²) in [5, 5.41) is 3.08. The Morgan fingerprint density at radius 2 is 1.68 bits per heavy atom. The van der Waals surface area contributed by atoms with Crippen LogP contribution in [0.2, 0.25) is 0 Å². The van der Waals surface area contributed by atoms with Crippen molar-refractivity contribution in [3.8, 4) is 5.75 Å². The third-order valence-corrected chi connectivity index (χ3v) is 5.08. The molecule has 0 bridgehead atoms. The first-order valence-corrected chi connectivity index (χ1v) is 9.53. The van der Waals surface area contributed by atoms with E-state index in [1.54, 1.807) is 18.9 Å². The minimum atomic E-state index is -0.143. The number of carbonyl (C=O) groups excluding carboxylic acids is 1. The minimum Gasteiger partial charge on any atom is -0.497 e.